The monoisotopic (exact) mass is 639 g/mol. The van der Waals surface area contributed by atoms with E-state index in [2.05, 4.69) is 93.3 Å². The normalized spacial score (nSPS) is 13.9. The highest BCUT2D eigenvalue weighted by Crippen LogP contribution is 2.47. The van der Waals surface area contributed by atoms with Gasteiger partial charge in [0.1, 0.15) is 5.75 Å². The van der Waals surface area contributed by atoms with Gasteiger partial charge in [-0.25, -0.2) is 0 Å². The first-order valence-corrected chi connectivity index (χ1v) is 16.4. The summed E-state index contributed by atoms with van der Waals surface area (Å²) in [5.41, 5.74) is 11.3. The lowest BCUT2D eigenvalue weighted by molar-refractivity contribution is -0.138. The van der Waals surface area contributed by atoms with Gasteiger partial charge in [0.25, 0.3) is 0 Å². The number of anilines is 1. The third-order valence-electron chi connectivity index (χ3n) is 8.81. The van der Waals surface area contributed by atoms with Crippen molar-refractivity contribution in [3.63, 3.8) is 0 Å². The number of rotatable bonds is 6. The zero-order valence-electron chi connectivity index (χ0n) is 26.4. The smallest absolute Gasteiger partial charge is 0.419 e. The number of alkyl halides is 3. The summed E-state index contributed by atoms with van der Waals surface area (Å²) < 4.78 is 47.1. The molecule has 1 saturated heterocycles. The molecular formula is C39H37F3NO2P. The van der Waals surface area contributed by atoms with E-state index in [1.807, 2.05) is 12.1 Å². The van der Waals surface area contributed by atoms with Crippen LogP contribution in [0.15, 0.2) is 91.0 Å². The Morgan fingerprint density at radius 2 is 1.07 bits per heavy atom. The number of aryl methyl sites for hydroxylation is 4. The van der Waals surface area contributed by atoms with E-state index >= 15 is 0 Å². The number of phenols is 1. The predicted molar refractivity (Wildman–Crippen MR) is 185 cm³/mol. The molecule has 1 aliphatic rings. The Labute approximate surface area is 270 Å². The molecular weight excluding hydrogens is 602 g/mol. The van der Waals surface area contributed by atoms with Crippen molar-refractivity contribution in [3.8, 4) is 39.1 Å². The second kappa shape index (κ2) is 12.9. The summed E-state index contributed by atoms with van der Waals surface area (Å²) in [5.74, 6) is -0.709. The van der Waals surface area contributed by atoms with E-state index in [0.29, 0.717) is 26.3 Å². The zero-order valence-corrected chi connectivity index (χ0v) is 27.4. The molecule has 1 atom stereocenters. The molecule has 7 heteroatoms. The van der Waals surface area contributed by atoms with Crippen LogP contribution in [0.3, 0.4) is 0 Å². The fourth-order valence-electron chi connectivity index (χ4n) is 6.73. The molecule has 0 aromatic heterocycles. The van der Waals surface area contributed by atoms with E-state index in [1.54, 1.807) is 6.07 Å². The van der Waals surface area contributed by atoms with E-state index < -0.39 is 17.5 Å². The quantitative estimate of drug-likeness (QED) is 0.188. The van der Waals surface area contributed by atoms with Gasteiger partial charge >= 0.3 is 6.18 Å². The summed E-state index contributed by atoms with van der Waals surface area (Å²) in [5, 5.41) is 12.0. The van der Waals surface area contributed by atoms with Gasteiger partial charge in [-0.05, 0) is 83.8 Å². The first kappa shape index (κ1) is 31.8. The zero-order chi connectivity index (χ0) is 32.6. The highest BCUT2D eigenvalue weighted by molar-refractivity contribution is 7.56. The number of hydrogen-bond acceptors (Lipinski definition) is 3. The van der Waals surface area contributed by atoms with E-state index in [4.69, 9.17) is 4.74 Å². The van der Waals surface area contributed by atoms with Gasteiger partial charge in [0.2, 0.25) is 0 Å². The first-order chi connectivity index (χ1) is 22.1. The SMILES string of the molecule is Cc1cccc(C)c1-c1cccc(-c2c(C)cccc2C)c1-c1cccc(Pc2cccc(C(F)(F)F)c2O)c1N1CCOCC1. The van der Waals surface area contributed by atoms with E-state index in [9.17, 15) is 18.3 Å². The van der Waals surface area contributed by atoms with Crippen molar-refractivity contribution in [2.24, 2.45) is 0 Å². The first-order valence-electron chi connectivity index (χ1n) is 15.4. The molecule has 5 aromatic rings. The van der Waals surface area contributed by atoms with Gasteiger partial charge in [0.05, 0.1) is 24.5 Å². The van der Waals surface area contributed by atoms with Gasteiger partial charge in [-0.3, -0.25) is 0 Å². The van der Waals surface area contributed by atoms with Crippen LogP contribution in [0, 0.1) is 27.7 Å². The van der Waals surface area contributed by atoms with Crippen LogP contribution >= 0.6 is 8.58 Å². The Bertz CT molecular complexity index is 1800. The van der Waals surface area contributed by atoms with Gasteiger partial charge in [0, 0.05) is 29.3 Å². The summed E-state index contributed by atoms with van der Waals surface area (Å²) in [6.07, 6.45) is -4.65. The van der Waals surface area contributed by atoms with Crippen molar-refractivity contribution in [2.75, 3.05) is 31.2 Å². The largest absolute Gasteiger partial charge is 0.507 e. The maximum Gasteiger partial charge on any atom is 0.419 e. The van der Waals surface area contributed by atoms with E-state index in [-0.39, 0.29) is 13.9 Å². The van der Waals surface area contributed by atoms with E-state index in [1.165, 1.54) is 39.4 Å². The lowest BCUT2D eigenvalue weighted by atomic mass is 9.82. The average molecular weight is 640 g/mol. The molecule has 0 amide bonds. The minimum Gasteiger partial charge on any atom is -0.507 e. The van der Waals surface area contributed by atoms with Gasteiger partial charge in [-0.2, -0.15) is 13.2 Å². The maximum atomic E-state index is 13.8. The number of aromatic hydroxyl groups is 1. The molecule has 1 fully saturated rings. The van der Waals surface area contributed by atoms with Crippen LogP contribution in [-0.2, 0) is 10.9 Å². The van der Waals surface area contributed by atoms with Crippen molar-refractivity contribution in [1.29, 1.82) is 0 Å². The second-order valence-corrected chi connectivity index (χ2v) is 13.2. The van der Waals surface area contributed by atoms with Crippen molar-refractivity contribution >= 4 is 24.9 Å². The predicted octanol–water partition coefficient (Wildman–Crippen LogP) is 9.11. The molecule has 6 rings (SSSR count). The molecule has 0 saturated carbocycles. The third-order valence-corrected chi connectivity index (χ3v) is 10.2. The van der Waals surface area contributed by atoms with Crippen LogP contribution in [0.1, 0.15) is 27.8 Å². The van der Waals surface area contributed by atoms with Gasteiger partial charge in [-0.1, -0.05) is 93.5 Å². The van der Waals surface area contributed by atoms with Crippen LogP contribution in [0.2, 0.25) is 0 Å². The van der Waals surface area contributed by atoms with Gasteiger partial charge < -0.3 is 14.7 Å². The molecule has 1 N–H and O–H groups in total. The van der Waals surface area contributed by atoms with Crippen LogP contribution in [0.5, 0.6) is 5.75 Å². The topological polar surface area (TPSA) is 32.7 Å². The molecule has 0 radical (unpaired) electrons. The highest BCUT2D eigenvalue weighted by Gasteiger charge is 2.35. The van der Waals surface area contributed by atoms with Crippen LogP contribution in [0.4, 0.5) is 18.9 Å². The number of morpholine rings is 1. The molecule has 1 unspecified atom stereocenters. The standard InChI is InChI=1S/C39H37F3NO2P/c1-24-10-5-11-25(2)34(24)28-14-7-15-29(35-26(3)12-6-13-27(35)4)36(28)30-16-8-18-32(37(30)43-20-22-45-23-21-43)46-33-19-9-17-31(38(33)44)39(40,41)42/h5-19,44,46H,20-23H2,1-4H3. The number of ether oxygens (including phenoxy) is 1. The molecule has 46 heavy (non-hydrogen) atoms. The summed E-state index contributed by atoms with van der Waals surface area (Å²) in [6, 6.07) is 29.2. The molecule has 0 spiro atoms. The van der Waals surface area contributed by atoms with Crippen LogP contribution < -0.4 is 15.5 Å². The number of halogens is 3. The lowest BCUT2D eigenvalue weighted by Gasteiger charge is -2.34. The summed E-state index contributed by atoms with van der Waals surface area (Å²) in [6.45, 7) is 10.9. The molecule has 236 valence electrons. The molecule has 5 aromatic carbocycles. The maximum absolute atomic E-state index is 13.8. The third kappa shape index (κ3) is 6.04. The summed E-state index contributed by atoms with van der Waals surface area (Å²) in [7, 11) is -0.200. The Kier molecular flexibility index (Phi) is 8.96. The Balaban J connectivity index is 1.67. The number of phenolic OH excluding ortho intramolecular Hbond substituents is 1. The Morgan fingerprint density at radius 3 is 1.61 bits per heavy atom. The number of nitrogens with zero attached hydrogens (tertiary/aromatic N) is 1. The fourth-order valence-corrected chi connectivity index (χ4v) is 8.04. The number of hydrogen-bond donors (Lipinski definition) is 1. The second-order valence-electron chi connectivity index (χ2n) is 11.9. The van der Waals surface area contributed by atoms with Crippen molar-refractivity contribution < 1.29 is 23.0 Å². The minimum absolute atomic E-state index is 0.200. The average Bonchev–Trinajstić information content (AvgIpc) is 3.02. The molecule has 0 aliphatic carbocycles. The Morgan fingerprint density at radius 1 is 0.609 bits per heavy atom. The highest BCUT2D eigenvalue weighted by atomic mass is 31.1. The molecule has 3 nitrogen and oxygen atoms in total. The number of para-hydroxylation sites is 2. The van der Waals surface area contributed by atoms with Crippen molar-refractivity contribution in [1.82, 2.24) is 0 Å². The Hall–Kier alpha value is -4.12. The summed E-state index contributed by atoms with van der Waals surface area (Å²) >= 11 is 0. The summed E-state index contributed by atoms with van der Waals surface area (Å²) in [4.78, 5) is 2.29. The van der Waals surface area contributed by atoms with Crippen molar-refractivity contribution in [2.45, 2.75) is 33.9 Å². The van der Waals surface area contributed by atoms with Crippen LogP contribution in [-0.4, -0.2) is 31.4 Å². The molecule has 0 bridgehead atoms. The van der Waals surface area contributed by atoms with E-state index in [0.717, 1.165) is 39.3 Å². The fraction of sp³-hybridized carbons (Fsp3) is 0.231. The van der Waals surface area contributed by atoms with Gasteiger partial charge in [-0.15, -0.1) is 0 Å². The number of benzene rings is 5. The van der Waals surface area contributed by atoms with Crippen LogP contribution in [0.25, 0.3) is 33.4 Å². The molecule has 1 heterocycles. The van der Waals surface area contributed by atoms with Crippen molar-refractivity contribution in [3.05, 3.63) is 119 Å². The molecule has 1 aliphatic heterocycles. The lowest BCUT2D eigenvalue weighted by Crippen LogP contribution is -2.38. The van der Waals surface area contributed by atoms with Gasteiger partial charge in [0.15, 0.2) is 0 Å². The minimum atomic E-state index is -4.65.